The van der Waals surface area contributed by atoms with Crippen LogP contribution >= 0.6 is 0 Å². The van der Waals surface area contributed by atoms with Crippen molar-refractivity contribution in [2.24, 2.45) is 5.92 Å². The molecule has 2 heterocycles. The Labute approximate surface area is 190 Å². The molecule has 0 saturated heterocycles. The normalized spacial score (nSPS) is 16.1. The minimum absolute atomic E-state index is 0.228. The Balaban J connectivity index is 1.64. The van der Waals surface area contributed by atoms with Crippen molar-refractivity contribution >= 4 is 11.0 Å². The number of hydrogen-bond donors (Lipinski definition) is 1. The maximum atomic E-state index is 12.8. The van der Waals surface area contributed by atoms with E-state index in [-0.39, 0.29) is 17.3 Å². The second-order valence-electron chi connectivity index (χ2n) is 9.47. The minimum Gasteiger partial charge on any atom is -0.507 e. The molecule has 2 atom stereocenters. The molecule has 0 bridgehead atoms. The van der Waals surface area contributed by atoms with Gasteiger partial charge in [0.25, 0.3) is 0 Å². The van der Waals surface area contributed by atoms with E-state index in [1.54, 1.807) is 0 Å². The highest BCUT2D eigenvalue weighted by Gasteiger charge is 2.26. The van der Waals surface area contributed by atoms with Gasteiger partial charge in [0.2, 0.25) is 0 Å². The Morgan fingerprint density at radius 2 is 1.88 bits per heavy atom. The van der Waals surface area contributed by atoms with Crippen molar-refractivity contribution in [2.45, 2.75) is 71.9 Å². The maximum absolute atomic E-state index is 12.8. The summed E-state index contributed by atoms with van der Waals surface area (Å²) in [7, 11) is 0. The Bertz CT molecular complexity index is 1120. The van der Waals surface area contributed by atoms with Gasteiger partial charge in [-0.3, -0.25) is 4.90 Å². The number of benzene rings is 2. The van der Waals surface area contributed by atoms with Crippen molar-refractivity contribution in [1.82, 2.24) is 4.90 Å². The number of hydrogen-bond acceptors (Lipinski definition) is 4. The summed E-state index contributed by atoms with van der Waals surface area (Å²) in [6.07, 6.45) is 5.50. The smallest absolute Gasteiger partial charge is 0.339 e. The fourth-order valence-electron chi connectivity index (χ4n) is 4.98. The van der Waals surface area contributed by atoms with E-state index in [2.05, 4.69) is 49.9 Å². The van der Waals surface area contributed by atoms with E-state index in [1.807, 2.05) is 18.2 Å². The van der Waals surface area contributed by atoms with Gasteiger partial charge in [0.05, 0.1) is 5.39 Å². The maximum Gasteiger partial charge on any atom is 0.339 e. The Hall–Kier alpha value is -2.59. The molecule has 1 N–H and O–H groups in total. The summed E-state index contributed by atoms with van der Waals surface area (Å²) in [5.74, 6) is 1.02. The van der Waals surface area contributed by atoms with Crippen LogP contribution in [0.5, 0.6) is 5.75 Å². The van der Waals surface area contributed by atoms with E-state index in [9.17, 15) is 9.90 Å². The Morgan fingerprint density at radius 3 is 2.62 bits per heavy atom. The predicted molar refractivity (Wildman–Crippen MR) is 130 cm³/mol. The van der Waals surface area contributed by atoms with Gasteiger partial charge < -0.3 is 9.52 Å². The fourth-order valence-corrected chi connectivity index (χ4v) is 4.98. The van der Waals surface area contributed by atoms with Crippen molar-refractivity contribution < 1.29 is 9.52 Å². The molecule has 0 aliphatic carbocycles. The first-order chi connectivity index (χ1) is 15.5. The summed E-state index contributed by atoms with van der Waals surface area (Å²) >= 11 is 0. The van der Waals surface area contributed by atoms with Gasteiger partial charge in [0, 0.05) is 25.2 Å². The molecule has 0 spiro atoms. The first-order valence-electron chi connectivity index (χ1n) is 12.1. The summed E-state index contributed by atoms with van der Waals surface area (Å²) < 4.78 is 5.73. The average Bonchev–Trinajstić information content (AvgIpc) is 2.79. The van der Waals surface area contributed by atoms with E-state index in [0.717, 1.165) is 30.6 Å². The third-order valence-electron chi connectivity index (χ3n) is 7.17. The molecule has 4 nitrogen and oxygen atoms in total. The van der Waals surface area contributed by atoms with Crippen LogP contribution in [0.1, 0.15) is 74.6 Å². The summed E-state index contributed by atoms with van der Waals surface area (Å²) in [5.41, 5.74) is 4.18. The van der Waals surface area contributed by atoms with Gasteiger partial charge >= 0.3 is 5.63 Å². The van der Waals surface area contributed by atoms with Crippen LogP contribution in [0.2, 0.25) is 0 Å². The highest BCUT2D eigenvalue weighted by Crippen LogP contribution is 2.37. The summed E-state index contributed by atoms with van der Waals surface area (Å²) in [5, 5.41) is 11.7. The lowest BCUT2D eigenvalue weighted by molar-refractivity contribution is 0.243. The molecule has 1 aliphatic heterocycles. The average molecular weight is 434 g/mol. The summed E-state index contributed by atoms with van der Waals surface area (Å²) in [4.78, 5) is 15.1. The van der Waals surface area contributed by atoms with Crippen LogP contribution in [-0.4, -0.2) is 16.6 Å². The van der Waals surface area contributed by atoms with E-state index in [1.165, 1.54) is 24.8 Å². The number of unbranched alkanes of at least 4 members (excludes halogenated alkanes) is 2. The molecule has 0 fully saturated rings. The molecule has 0 amide bonds. The predicted octanol–water partition coefficient (Wildman–Crippen LogP) is 6.38. The van der Waals surface area contributed by atoms with Crippen LogP contribution in [0, 0.1) is 5.92 Å². The number of phenolic OH excluding ortho intramolecular Hbond substituents is 1. The topological polar surface area (TPSA) is 53.7 Å². The van der Waals surface area contributed by atoms with Gasteiger partial charge in [-0.1, -0.05) is 76.8 Å². The van der Waals surface area contributed by atoms with Crippen LogP contribution in [0.25, 0.3) is 11.0 Å². The monoisotopic (exact) mass is 433 g/mol. The van der Waals surface area contributed by atoms with Crippen LogP contribution in [-0.2, 0) is 19.5 Å². The van der Waals surface area contributed by atoms with E-state index in [4.69, 9.17) is 4.42 Å². The SMILES string of the molecule is CCCCCC(C)C(C)c1cc(O)c2c3c(c(=O)oc2c1)CCN(Cc1ccccc1)C3. The zero-order chi connectivity index (χ0) is 22.7. The minimum atomic E-state index is -0.257. The van der Waals surface area contributed by atoms with Crippen molar-refractivity contribution in [3.8, 4) is 5.75 Å². The molecule has 170 valence electrons. The third kappa shape index (κ3) is 4.75. The molecule has 1 aromatic heterocycles. The van der Waals surface area contributed by atoms with Crippen LogP contribution in [0.3, 0.4) is 0 Å². The van der Waals surface area contributed by atoms with Crippen molar-refractivity contribution in [3.05, 3.63) is 75.1 Å². The first kappa shape index (κ1) is 22.6. The standard InChI is InChI=1S/C28H35NO3/c1-4-5-7-10-19(2)20(3)22-15-25(30)27-24-18-29(17-21-11-8-6-9-12-21)14-13-23(24)28(31)32-26(27)16-22/h6,8-9,11-12,15-16,19-20,30H,4-5,7,10,13-14,17-18H2,1-3H3. The molecule has 1 aliphatic rings. The van der Waals surface area contributed by atoms with Gasteiger partial charge in [0.15, 0.2) is 0 Å². The molecule has 0 saturated carbocycles. The molecule has 0 radical (unpaired) electrons. The summed E-state index contributed by atoms with van der Waals surface area (Å²) in [6, 6.07) is 14.2. The molecule has 4 heteroatoms. The molecule has 2 aromatic carbocycles. The fraction of sp³-hybridized carbons (Fsp3) is 0.464. The highest BCUT2D eigenvalue weighted by atomic mass is 16.4. The molecular formula is C28H35NO3. The van der Waals surface area contributed by atoms with Gasteiger partial charge in [-0.25, -0.2) is 4.79 Å². The lowest BCUT2D eigenvalue weighted by Gasteiger charge is -2.29. The molecule has 3 aromatic rings. The number of fused-ring (bicyclic) bond motifs is 3. The largest absolute Gasteiger partial charge is 0.507 e. The molecule has 4 rings (SSSR count). The van der Waals surface area contributed by atoms with E-state index < -0.39 is 0 Å². The quantitative estimate of drug-likeness (QED) is 0.331. The highest BCUT2D eigenvalue weighted by molar-refractivity contribution is 5.88. The van der Waals surface area contributed by atoms with Crippen molar-refractivity contribution in [3.63, 3.8) is 0 Å². The Morgan fingerprint density at radius 1 is 1.09 bits per heavy atom. The lowest BCUT2D eigenvalue weighted by atomic mass is 9.84. The van der Waals surface area contributed by atoms with Crippen molar-refractivity contribution in [2.75, 3.05) is 6.54 Å². The van der Waals surface area contributed by atoms with E-state index >= 15 is 0 Å². The van der Waals surface area contributed by atoms with Crippen LogP contribution in [0.4, 0.5) is 0 Å². The molecular weight excluding hydrogens is 398 g/mol. The van der Waals surface area contributed by atoms with Gasteiger partial charge in [-0.05, 0) is 47.1 Å². The molecule has 32 heavy (non-hydrogen) atoms. The number of phenols is 1. The van der Waals surface area contributed by atoms with Crippen LogP contribution in [0.15, 0.2) is 51.7 Å². The van der Waals surface area contributed by atoms with Crippen LogP contribution < -0.4 is 5.63 Å². The second-order valence-corrected chi connectivity index (χ2v) is 9.47. The third-order valence-corrected chi connectivity index (χ3v) is 7.17. The van der Waals surface area contributed by atoms with Gasteiger partial charge in [0.1, 0.15) is 11.3 Å². The second kappa shape index (κ2) is 9.91. The number of rotatable bonds is 8. The zero-order valence-electron chi connectivity index (χ0n) is 19.6. The Kier molecular flexibility index (Phi) is 7.00. The molecule has 2 unspecified atom stereocenters. The first-order valence-corrected chi connectivity index (χ1v) is 12.1. The van der Waals surface area contributed by atoms with Gasteiger partial charge in [-0.2, -0.15) is 0 Å². The number of nitrogens with zero attached hydrogens (tertiary/aromatic N) is 1. The van der Waals surface area contributed by atoms with Crippen molar-refractivity contribution in [1.29, 1.82) is 0 Å². The van der Waals surface area contributed by atoms with Gasteiger partial charge in [-0.15, -0.1) is 0 Å². The number of aromatic hydroxyl groups is 1. The lowest BCUT2D eigenvalue weighted by Crippen LogP contribution is -2.33. The summed E-state index contributed by atoms with van der Waals surface area (Å²) in [6.45, 7) is 8.97. The van der Waals surface area contributed by atoms with E-state index in [0.29, 0.717) is 35.4 Å². The zero-order valence-corrected chi connectivity index (χ0v) is 19.6.